The van der Waals surface area contributed by atoms with Gasteiger partial charge in [-0.3, -0.25) is 0 Å². The van der Waals surface area contributed by atoms with Gasteiger partial charge in [-0.1, -0.05) is 0 Å². The van der Waals surface area contributed by atoms with Gasteiger partial charge in [0.25, 0.3) is 0 Å². The van der Waals surface area contributed by atoms with E-state index in [1.54, 1.807) is 0 Å². The monoisotopic (exact) mass is 340 g/mol. The standard InChI is InChI=1S/C9H10BrIO/c1-3-12-9-7(10)4-6(2)5-8(9)11/h4-5H,3H2,1-2H3. The largest absolute Gasteiger partial charge is 0.492 e. The molecule has 0 aliphatic heterocycles. The molecule has 0 aliphatic carbocycles. The summed E-state index contributed by atoms with van der Waals surface area (Å²) in [5.74, 6) is 0.948. The van der Waals surface area contributed by atoms with Crippen LogP contribution in [0.15, 0.2) is 16.6 Å². The van der Waals surface area contributed by atoms with Crippen molar-refractivity contribution in [2.75, 3.05) is 6.61 Å². The molecule has 0 fully saturated rings. The highest BCUT2D eigenvalue weighted by Crippen LogP contribution is 2.31. The first-order valence-electron chi connectivity index (χ1n) is 3.73. The van der Waals surface area contributed by atoms with E-state index in [1.807, 2.05) is 6.92 Å². The fraction of sp³-hybridized carbons (Fsp3) is 0.333. The third-order valence-corrected chi connectivity index (χ3v) is 2.82. The maximum Gasteiger partial charge on any atom is 0.146 e. The fourth-order valence-electron chi connectivity index (χ4n) is 0.969. The minimum absolute atomic E-state index is 0.706. The van der Waals surface area contributed by atoms with Crippen molar-refractivity contribution < 1.29 is 4.74 Å². The van der Waals surface area contributed by atoms with Crippen LogP contribution in [0, 0.1) is 10.5 Å². The Morgan fingerprint density at radius 2 is 2.17 bits per heavy atom. The summed E-state index contributed by atoms with van der Waals surface area (Å²) in [6, 6.07) is 4.17. The molecule has 0 atom stereocenters. The molecule has 1 nitrogen and oxygen atoms in total. The normalized spacial score (nSPS) is 10.0. The summed E-state index contributed by atoms with van der Waals surface area (Å²) in [4.78, 5) is 0. The smallest absolute Gasteiger partial charge is 0.146 e. The van der Waals surface area contributed by atoms with E-state index < -0.39 is 0 Å². The van der Waals surface area contributed by atoms with Crippen LogP contribution in [-0.2, 0) is 0 Å². The van der Waals surface area contributed by atoms with E-state index in [4.69, 9.17) is 4.74 Å². The van der Waals surface area contributed by atoms with Crippen molar-refractivity contribution in [1.82, 2.24) is 0 Å². The second kappa shape index (κ2) is 4.46. The van der Waals surface area contributed by atoms with Gasteiger partial charge in [-0.15, -0.1) is 0 Å². The molecular formula is C9H10BrIO. The Labute approximate surface area is 94.8 Å². The molecule has 1 rings (SSSR count). The molecule has 1 aromatic carbocycles. The lowest BCUT2D eigenvalue weighted by Crippen LogP contribution is -1.95. The Kier molecular flexibility index (Phi) is 3.83. The Hall–Kier alpha value is 0.230. The van der Waals surface area contributed by atoms with Crippen molar-refractivity contribution in [2.45, 2.75) is 13.8 Å². The van der Waals surface area contributed by atoms with Crippen LogP contribution in [-0.4, -0.2) is 6.61 Å². The van der Waals surface area contributed by atoms with Gasteiger partial charge in [0.2, 0.25) is 0 Å². The number of benzene rings is 1. The van der Waals surface area contributed by atoms with E-state index in [9.17, 15) is 0 Å². The quantitative estimate of drug-likeness (QED) is 0.745. The van der Waals surface area contributed by atoms with Crippen LogP contribution in [0.1, 0.15) is 12.5 Å². The molecule has 0 unspecified atom stereocenters. The third kappa shape index (κ3) is 2.36. The summed E-state index contributed by atoms with van der Waals surface area (Å²) in [6.45, 7) is 4.77. The number of aryl methyl sites for hydroxylation is 1. The zero-order valence-corrected chi connectivity index (χ0v) is 10.8. The molecule has 0 aromatic heterocycles. The number of ether oxygens (including phenoxy) is 1. The molecule has 66 valence electrons. The van der Waals surface area contributed by atoms with Gasteiger partial charge in [-0.2, -0.15) is 0 Å². The Morgan fingerprint density at radius 1 is 1.50 bits per heavy atom. The molecular weight excluding hydrogens is 331 g/mol. The zero-order valence-electron chi connectivity index (χ0n) is 7.03. The van der Waals surface area contributed by atoms with Gasteiger partial charge >= 0.3 is 0 Å². The Morgan fingerprint density at radius 3 is 2.67 bits per heavy atom. The minimum Gasteiger partial charge on any atom is -0.492 e. The SMILES string of the molecule is CCOc1c(Br)cc(C)cc1I. The van der Waals surface area contributed by atoms with Gasteiger partial charge in [0, 0.05) is 0 Å². The molecule has 0 saturated carbocycles. The molecule has 0 amide bonds. The summed E-state index contributed by atoms with van der Waals surface area (Å²) in [5.41, 5.74) is 1.25. The molecule has 0 saturated heterocycles. The Bertz CT molecular complexity index is 263. The molecule has 0 aliphatic rings. The first-order valence-corrected chi connectivity index (χ1v) is 5.60. The molecule has 1 aromatic rings. The van der Waals surface area contributed by atoms with E-state index >= 15 is 0 Å². The highest BCUT2D eigenvalue weighted by molar-refractivity contribution is 14.1. The van der Waals surface area contributed by atoms with Gasteiger partial charge in [0.1, 0.15) is 5.75 Å². The van der Waals surface area contributed by atoms with E-state index in [2.05, 4.69) is 57.6 Å². The van der Waals surface area contributed by atoms with E-state index in [-0.39, 0.29) is 0 Å². The first-order chi connectivity index (χ1) is 5.65. The van der Waals surface area contributed by atoms with Gasteiger partial charge in [0.15, 0.2) is 0 Å². The molecule has 0 spiro atoms. The zero-order chi connectivity index (χ0) is 9.14. The maximum absolute atomic E-state index is 5.47. The number of rotatable bonds is 2. The predicted octanol–water partition coefficient (Wildman–Crippen LogP) is 3.76. The maximum atomic E-state index is 5.47. The number of hydrogen-bond donors (Lipinski definition) is 0. The second-order valence-corrected chi connectivity index (χ2v) is 4.51. The van der Waals surface area contributed by atoms with Crippen LogP contribution in [0.3, 0.4) is 0 Å². The van der Waals surface area contributed by atoms with E-state index in [0.717, 1.165) is 13.8 Å². The van der Waals surface area contributed by atoms with Gasteiger partial charge in [-0.05, 0) is 70.1 Å². The highest BCUT2D eigenvalue weighted by atomic mass is 127. The summed E-state index contributed by atoms with van der Waals surface area (Å²) >= 11 is 5.75. The number of hydrogen-bond acceptors (Lipinski definition) is 1. The van der Waals surface area contributed by atoms with Crippen molar-refractivity contribution in [3.63, 3.8) is 0 Å². The average Bonchev–Trinajstić information content (AvgIpc) is 1.96. The minimum atomic E-state index is 0.706. The average molecular weight is 341 g/mol. The van der Waals surface area contributed by atoms with Crippen LogP contribution >= 0.6 is 38.5 Å². The topological polar surface area (TPSA) is 9.23 Å². The molecule has 3 heteroatoms. The van der Waals surface area contributed by atoms with E-state index in [1.165, 1.54) is 5.56 Å². The van der Waals surface area contributed by atoms with Crippen molar-refractivity contribution >= 4 is 38.5 Å². The van der Waals surface area contributed by atoms with Crippen molar-refractivity contribution in [2.24, 2.45) is 0 Å². The lowest BCUT2D eigenvalue weighted by Gasteiger charge is -2.08. The summed E-state index contributed by atoms with van der Waals surface area (Å²) in [6.07, 6.45) is 0. The van der Waals surface area contributed by atoms with Crippen LogP contribution in [0.25, 0.3) is 0 Å². The fourth-order valence-corrected chi connectivity index (χ4v) is 2.97. The van der Waals surface area contributed by atoms with Crippen molar-refractivity contribution in [1.29, 1.82) is 0 Å². The van der Waals surface area contributed by atoms with Crippen molar-refractivity contribution in [3.8, 4) is 5.75 Å². The van der Waals surface area contributed by atoms with Crippen LogP contribution in [0.5, 0.6) is 5.75 Å². The highest BCUT2D eigenvalue weighted by Gasteiger charge is 2.05. The van der Waals surface area contributed by atoms with Crippen LogP contribution in [0.4, 0.5) is 0 Å². The third-order valence-electron chi connectivity index (χ3n) is 1.43. The molecule has 0 bridgehead atoms. The summed E-state index contributed by atoms with van der Waals surface area (Å²) in [7, 11) is 0. The summed E-state index contributed by atoms with van der Waals surface area (Å²) < 4.78 is 7.66. The molecule has 12 heavy (non-hydrogen) atoms. The van der Waals surface area contributed by atoms with Crippen LogP contribution in [0.2, 0.25) is 0 Å². The van der Waals surface area contributed by atoms with Gasteiger partial charge < -0.3 is 4.74 Å². The van der Waals surface area contributed by atoms with Gasteiger partial charge in [-0.25, -0.2) is 0 Å². The molecule has 0 heterocycles. The Balaban J connectivity index is 3.10. The molecule has 0 N–H and O–H groups in total. The van der Waals surface area contributed by atoms with E-state index in [0.29, 0.717) is 6.61 Å². The summed E-state index contributed by atoms with van der Waals surface area (Å²) in [5, 5.41) is 0. The number of halogens is 2. The van der Waals surface area contributed by atoms with Crippen molar-refractivity contribution in [3.05, 3.63) is 25.7 Å². The second-order valence-electron chi connectivity index (χ2n) is 2.49. The lowest BCUT2D eigenvalue weighted by atomic mass is 10.2. The van der Waals surface area contributed by atoms with Crippen LogP contribution < -0.4 is 4.74 Å². The lowest BCUT2D eigenvalue weighted by molar-refractivity contribution is 0.335. The van der Waals surface area contributed by atoms with Gasteiger partial charge in [0.05, 0.1) is 14.6 Å². The predicted molar refractivity (Wildman–Crippen MR) is 62.8 cm³/mol. The first kappa shape index (κ1) is 10.3. The molecule has 0 radical (unpaired) electrons.